The van der Waals surface area contributed by atoms with Crippen molar-refractivity contribution < 1.29 is 19.4 Å². The van der Waals surface area contributed by atoms with Gasteiger partial charge in [-0.1, -0.05) is 17.7 Å². The number of halogens is 1. The number of carbonyl (C=O) groups excluding carboxylic acids is 1. The van der Waals surface area contributed by atoms with Crippen LogP contribution in [-0.4, -0.2) is 43.0 Å². The molecule has 182 valence electrons. The molecule has 3 atom stereocenters. The molecule has 1 heterocycles. The molecule has 0 bridgehead atoms. The number of rotatable bonds is 4. The number of aliphatic hydroxyl groups is 1. The lowest BCUT2D eigenvalue weighted by molar-refractivity contribution is 0.00695. The lowest BCUT2D eigenvalue weighted by atomic mass is 9.73. The number of anilines is 1. The van der Waals surface area contributed by atoms with Crippen molar-refractivity contribution in [3.05, 3.63) is 58.1 Å². The van der Waals surface area contributed by atoms with E-state index in [9.17, 15) is 9.90 Å². The maximum Gasteiger partial charge on any atom is 0.338 e. The molecule has 1 aliphatic heterocycles. The van der Waals surface area contributed by atoms with Gasteiger partial charge in [0.25, 0.3) is 0 Å². The Morgan fingerprint density at radius 2 is 2.00 bits per heavy atom. The Morgan fingerprint density at radius 3 is 2.71 bits per heavy atom. The van der Waals surface area contributed by atoms with E-state index in [-0.39, 0.29) is 18.0 Å². The summed E-state index contributed by atoms with van der Waals surface area (Å²) < 4.78 is 12.1. The highest BCUT2D eigenvalue weighted by atomic mass is 35.5. The number of aliphatic hydroxyl groups excluding tert-OH is 1. The zero-order valence-electron chi connectivity index (χ0n) is 20.3. The van der Waals surface area contributed by atoms with E-state index in [0.29, 0.717) is 24.0 Å². The number of nitrogens with zero attached hydrogens (tertiary/aromatic N) is 1. The van der Waals surface area contributed by atoms with Gasteiger partial charge < -0.3 is 19.5 Å². The molecular formula is C28H34ClNO4. The molecule has 1 N–H and O–H groups in total. The van der Waals surface area contributed by atoms with Crippen LogP contribution in [0.2, 0.25) is 5.02 Å². The Kier molecular flexibility index (Phi) is 6.06. The lowest BCUT2D eigenvalue weighted by Gasteiger charge is -2.42. The van der Waals surface area contributed by atoms with Crippen molar-refractivity contribution in [2.75, 3.05) is 31.2 Å². The van der Waals surface area contributed by atoms with Crippen molar-refractivity contribution in [2.45, 2.75) is 57.5 Å². The van der Waals surface area contributed by atoms with Crippen LogP contribution < -0.4 is 9.64 Å². The van der Waals surface area contributed by atoms with Crippen LogP contribution >= 0.6 is 11.6 Å². The molecule has 1 fully saturated rings. The number of ether oxygens (including phenoxy) is 2. The SMILES string of the molecule is CC(C)(C)OC(=O)c1ccc2c(c1)N(C[C@@H]1CC[C@H]1CO)C[C@@]1(CCc3cc(Cl)ccc31)CO2. The van der Waals surface area contributed by atoms with E-state index < -0.39 is 5.60 Å². The summed E-state index contributed by atoms with van der Waals surface area (Å²) in [7, 11) is 0. The van der Waals surface area contributed by atoms with Crippen molar-refractivity contribution in [1.82, 2.24) is 0 Å². The van der Waals surface area contributed by atoms with Gasteiger partial charge in [0.2, 0.25) is 0 Å². The third kappa shape index (κ3) is 4.40. The van der Waals surface area contributed by atoms with Crippen molar-refractivity contribution in [3.8, 4) is 5.75 Å². The molecule has 1 saturated carbocycles. The Morgan fingerprint density at radius 1 is 1.21 bits per heavy atom. The monoisotopic (exact) mass is 483 g/mol. The number of hydrogen-bond acceptors (Lipinski definition) is 5. The van der Waals surface area contributed by atoms with E-state index in [2.05, 4.69) is 17.0 Å². The van der Waals surface area contributed by atoms with Crippen LogP contribution in [0.4, 0.5) is 5.69 Å². The topological polar surface area (TPSA) is 59.0 Å². The van der Waals surface area contributed by atoms with Gasteiger partial charge in [-0.05, 0) is 99.7 Å². The number of benzene rings is 2. The van der Waals surface area contributed by atoms with Crippen LogP contribution in [-0.2, 0) is 16.6 Å². The highest BCUT2D eigenvalue weighted by Crippen LogP contribution is 2.47. The van der Waals surface area contributed by atoms with Gasteiger partial charge in [-0.3, -0.25) is 0 Å². The van der Waals surface area contributed by atoms with Crippen LogP contribution in [0.3, 0.4) is 0 Å². The summed E-state index contributed by atoms with van der Waals surface area (Å²) in [5.41, 5.74) is 3.39. The number of esters is 1. The largest absolute Gasteiger partial charge is 0.490 e. The van der Waals surface area contributed by atoms with Crippen LogP contribution in [0.25, 0.3) is 0 Å². The lowest BCUT2D eigenvalue weighted by Crippen LogP contribution is -2.46. The van der Waals surface area contributed by atoms with Gasteiger partial charge in [0, 0.05) is 30.1 Å². The average molecular weight is 484 g/mol. The van der Waals surface area contributed by atoms with Crippen LogP contribution in [0.1, 0.15) is 61.5 Å². The highest BCUT2D eigenvalue weighted by Gasteiger charge is 2.44. The first kappa shape index (κ1) is 23.5. The Balaban J connectivity index is 1.51. The molecular weight excluding hydrogens is 450 g/mol. The first-order chi connectivity index (χ1) is 16.2. The van der Waals surface area contributed by atoms with E-state index in [1.165, 1.54) is 11.1 Å². The molecule has 0 radical (unpaired) electrons. The average Bonchev–Trinajstić information content (AvgIpc) is 3.01. The second kappa shape index (κ2) is 8.76. The molecule has 5 nitrogen and oxygen atoms in total. The second-order valence-electron chi connectivity index (χ2n) is 11.2. The molecule has 0 amide bonds. The first-order valence-corrected chi connectivity index (χ1v) is 12.7. The summed E-state index contributed by atoms with van der Waals surface area (Å²) >= 11 is 6.30. The molecule has 2 aliphatic carbocycles. The maximum atomic E-state index is 12.8. The minimum atomic E-state index is -0.556. The van der Waals surface area contributed by atoms with Gasteiger partial charge in [-0.2, -0.15) is 0 Å². The molecule has 0 unspecified atom stereocenters. The van der Waals surface area contributed by atoms with E-state index in [0.717, 1.165) is 55.2 Å². The highest BCUT2D eigenvalue weighted by molar-refractivity contribution is 6.30. The molecule has 2 aromatic carbocycles. The predicted molar refractivity (Wildman–Crippen MR) is 134 cm³/mol. The van der Waals surface area contributed by atoms with Gasteiger partial charge >= 0.3 is 5.97 Å². The van der Waals surface area contributed by atoms with Gasteiger partial charge in [0.15, 0.2) is 0 Å². The summed E-state index contributed by atoms with van der Waals surface area (Å²) in [5, 5.41) is 10.6. The smallest absolute Gasteiger partial charge is 0.338 e. The number of carbonyl (C=O) groups is 1. The molecule has 1 spiro atoms. The third-order valence-electron chi connectivity index (χ3n) is 7.71. The summed E-state index contributed by atoms with van der Waals surface area (Å²) in [6, 6.07) is 11.8. The van der Waals surface area contributed by atoms with Gasteiger partial charge in [-0.15, -0.1) is 0 Å². The summed E-state index contributed by atoms with van der Waals surface area (Å²) in [6.07, 6.45) is 4.17. The second-order valence-corrected chi connectivity index (χ2v) is 11.7. The molecule has 6 heteroatoms. The molecule has 0 aromatic heterocycles. The fourth-order valence-corrected chi connectivity index (χ4v) is 5.93. The predicted octanol–water partition coefficient (Wildman–Crippen LogP) is 5.40. The van der Waals surface area contributed by atoms with Crippen LogP contribution in [0.15, 0.2) is 36.4 Å². The number of hydrogen-bond donors (Lipinski definition) is 1. The standard InChI is InChI=1S/C28H34ClNO4/c1-27(2,3)34-26(32)19-6-9-25-24(13-19)30(14-20-4-5-21(20)15-31)16-28(17-33-25)11-10-18-12-22(29)7-8-23(18)28/h6-9,12-13,20-21,31H,4-5,10-11,14-17H2,1-3H3/t20-,21-,28-/m0/s1. The number of aryl methyl sites for hydroxylation is 1. The van der Waals surface area contributed by atoms with E-state index in [1.807, 2.05) is 39.0 Å². The molecule has 34 heavy (non-hydrogen) atoms. The summed E-state index contributed by atoms with van der Waals surface area (Å²) in [5.74, 6) is 1.25. The minimum Gasteiger partial charge on any atom is -0.490 e. The Hall–Kier alpha value is -2.24. The normalized spacial score (nSPS) is 25.7. The third-order valence-corrected chi connectivity index (χ3v) is 7.94. The van der Waals surface area contributed by atoms with Crippen molar-refractivity contribution in [1.29, 1.82) is 0 Å². The Bertz CT molecular complexity index is 1090. The Labute approximate surface area is 207 Å². The van der Waals surface area contributed by atoms with Gasteiger partial charge in [0.1, 0.15) is 11.4 Å². The zero-order chi connectivity index (χ0) is 24.1. The van der Waals surface area contributed by atoms with Crippen molar-refractivity contribution in [3.63, 3.8) is 0 Å². The van der Waals surface area contributed by atoms with Crippen LogP contribution in [0.5, 0.6) is 5.75 Å². The molecule has 5 rings (SSSR count). The fraction of sp³-hybridized carbons (Fsp3) is 0.536. The van der Waals surface area contributed by atoms with Gasteiger partial charge in [0.05, 0.1) is 17.9 Å². The van der Waals surface area contributed by atoms with Crippen molar-refractivity contribution >= 4 is 23.3 Å². The zero-order valence-corrected chi connectivity index (χ0v) is 21.0. The van der Waals surface area contributed by atoms with Crippen molar-refractivity contribution in [2.24, 2.45) is 11.8 Å². The van der Waals surface area contributed by atoms with E-state index in [1.54, 1.807) is 6.07 Å². The first-order valence-electron chi connectivity index (χ1n) is 12.3. The quantitative estimate of drug-likeness (QED) is 0.590. The maximum absolute atomic E-state index is 12.8. The fourth-order valence-electron chi connectivity index (χ4n) is 5.74. The van der Waals surface area contributed by atoms with Gasteiger partial charge in [-0.25, -0.2) is 4.79 Å². The van der Waals surface area contributed by atoms with Crippen LogP contribution in [0, 0.1) is 11.8 Å². The summed E-state index contributed by atoms with van der Waals surface area (Å²) in [6.45, 7) is 8.09. The van der Waals surface area contributed by atoms with E-state index >= 15 is 0 Å². The molecule has 3 aliphatic rings. The molecule has 0 saturated heterocycles. The number of fused-ring (bicyclic) bond motifs is 3. The minimum absolute atomic E-state index is 0.135. The van der Waals surface area contributed by atoms with E-state index in [4.69, 9.17) is 21.1 Å². The molecule has 2 aromatic rings. The summed E-state index contributed by atoms with van der Waals surface area (Å²) in [4.78, 5) is 15.2.